The maximum absolute atomic E-state index is 11.9. The van der Waals surface area contributed by atoms with Gasteiger partial charge in [-0.2, -0.15) is 0 Å². The van der Waals surface area contributed by atoms with Crippen molar-refractivity contribution in [1.29, 1.82) is 0 Å². The lowest BCUT2D eigenvalue weighted by atomic mass is 10.0. The third kappa shape index (κ3) is 2.45. The van der Waals surface area contributed by atoms with Gasteiger partial charge in [-0.3, -0.25) is 4.79 Å². The summed E-state index contributed by atoms with van der Waals surface area (Å²) in [5, 5.41) is 0. The van der Waals surface area contributed by atoms with Gasteiger partial charge in [0, 0.05) is 26.2 Å². The molecule has 0 unspecified atom stereocenters. The summed E-state index contributed by atoms with van der Waals surface area (Å²) >= 11 is 0. The van der Waals surface area contributed by atoms with Crippen LogP contribution in [0, 0.1) is 0 Å². The van der Waals surface area contributed by atoms with Crippen molar-refractivity contribution < 1.29 is 9.53 Å². The number of hydrogen-bond acceptors (Lipinski definition) is 3. The second-order valence-corrected chi connectivity index (χ2v) is 4.34. The minimum atomic E-state index is -0.707. The van der Waals surface area contributed by atoms with Crippen molar-refractivity contribution in [2.45, 2.75) is 38.3 Å². The van der Waals surface area contributed by atoms with Crippen LogP contribution in [-0.4, -0.2) is 42.6 Å². The van der Waals surface area contributed by atoms with Crippen LogP contribution in [-0.2, 0) is 9.53 Å². The lowest BCUT2D eigenvalue weighted by Gasteiger charge is -2.35. The maximum atomic E-state index is 11.9. The van der Waals surface area contributed by atoms with Crippen LogP contribution in [0.1, 0.15) is 26.7 Å². The predicted molar refractivity (Wildman–Crippen MR) is 54.9 cm³/mol. The molecule has 1 aliphatic heterocycles. The molecular formula is C10H20N2O2. The first-order valence-electron chi connectivity index (χ1n) is 5.07. The van der Waals surface area contributed by atoms with Gasteiger partial charge in [0.05, 0.1) is 0 Å². The lowest BCUT2D eigenvalue weighted by Crippen LogP contribution is -2.51. The summed E-state index contributed by atoms with van der Waals surface area (Å²) in [5.41, 5.74) is 5.06. The number of hydrogen-bond donors (Lipinski definition) is 1. The normalized spacial score (nSPS) is 19.9. The number of piperidine rings is 1. The molecule has 4 heteroatoms. The zero-order valence-electron chi connectivity index (χ0n) is 9.25. The summed E-state index contributed by atoms with van der Waals surface area (Å²) in [6.45, 7) is 5.10. The Balaban J connectivity index is 2.54. The van der Waals surface area contributed by atoms with Crippen molar-refractivity contribution in [3.8, 4) is 0 Å². The molecule has 0 aromatic carbocycles. The molecule has 4 nitrogen and oxygen atoms in total. The quantitative estimate of drug-likeness (QED) is 0.700. The van der Waals surface area contributed by atoms with E-state index in [9.17, 15) is 4.79 Å². The van der Waals surface area contributed by atoms with Crippen molar-refractivity contribution in [2.75, 3.05) is 20.2 Å². The number of nitrogens with zero attached hydrogens (tertiary/aromatic N) is 1. The average molecular weight is 200 g/mol. The van der Waals surface area contributed by atoms with E-state index in [0.29, 0.717) is 0 Å². The Morgan fingerprint density at radius 3 is 2.36 bits per heavy atom. The van der Waals surface area contributed by atoms with E-state index in [4.69, 9.17) is 10.5 Å². The molecule has 0 saturated carbocycles. The number of rotatable bonds is 2. The molecule has 1 fully saturated rings. The van der Waals surface area contributed by atoms with Crippen LogP contribution in [0.5, 0.6) is 0 Å². The Kier molecular flexibility index (Phi) is 3.50. The van der Waals surface area contributed by atoms with Crippen molar-refractivity contribution in [1.82, 2.24) is 4.90 Å². The Hall–Kier alpha value is -0.610. The summed E-state index contributed by atoms with van der Waals surface area (Å²) in [4.78, 5) is 13.8. The van der Waals surface area contributed by atoms with Crippen molar-refractivity contribution in [3.05, 3.63) is 0 Å². The first-order valence-corrected chi connectivity index (χ1v) is 5.07. The monoisotopic (exact) mass is 200 g/mol. The highest BCUT2D eigenvalue weighted by Gasteiger charge is 2.33. The number of amides is 1. The molecule has 0 spiro atoms. The lowest BCUT2D eigenvalue weighted by molar-refractivity contribution is -0.152. The van der Waals surface area contributed by atoms with Gasteiger partial charge < -0.3 is 15.4 Å². The standard InChI is InChI=1S/C10H20N2O2/c1-10(2,14-3)9(13)12-6-4-8(11)5-7-12/h8H,4-7,11H2,1-3H3. The number of likely N-dealkylation sites (tertiary alicyclic amines) is 1. The average Bonchev–Trinajstić information content (AvgIpc) is 2.18. The zero-order valence-corrected chi connectivity index (χ0v) is 9.25. The van der Waals surface area contributed by atoms with Crippen molar-refractivity contribution in [3.63, 3.8) is 0 Å². The summed E-state index contributed by atoms with van der Waals surface area (Å²) in [7, 11) is 1.56. The van der Waals surface area contributed by atoms with Crippen LogP contribution in [0.3, 0.4) is 0 Å². The number of carbonyl (C=O) groups is 1. The third-order valence-corrected chi connectivity index (χ3v) is 2.85. The first-order chi connectivity index (χ1) is 6.47. The third-order valence-electron chi connectivity index (χ3n) is 2.85. The Morgan fingerprint density at radius 2 is 1.93 bits per heavy atom. The van der Waals surface area contributed by atoms with Crippen LogP contribution < -0.4 is 5.73 Å². The van der Waals surface area contributed by atoms with Gasteiger partial charge in [0.25, 0.3) is 5.91 Å². The van der Waals surface area contributed by atoms with Gasteiger partial charge in [0.2, 0.25) is 0 Å². The SMILES string of the molecule is COC(C)(C)C(=O)N1CCC(N)CC1. The Bertz CT molecular complexity index is 208. The van der Waals surface area contributed by atoms with Gasteiger partial charge in [-0.1, -0.05) is 0 Å². The summed E-state index contributed by atoms with van der Waals surface area (Å²) in [6, 6.07) is 0.254. The summed E-state index contributed by atoms with van der Waals surface area (Å²) in [5.74, 6) is 0.0619. The second kappa shape index (κ2) is 4.28. The topological polar surface area (TPSA) is 55.6 Å². The number of nitrogens with two attached hydrogens (primary N) is 1. The molecule has 82 valence electrons. The highest BCUT2D eigenvalue weighted by atomic mass is 16.5. The molecule has 1 amide bonds. The maximum Gasteiger partial charge on any atom is 0.254 e. The van der Waals surface area contributed by atoms with E-state index in [-0.39, 0.29) is 11.9 Å². The van der Waals surface area contributed by atoms with Crippen molar-refractivity contribution in [2.24, 2.45) is 5.73 Å². The number of ether oxygens (including phenoxy) is 1. The fourth-order valence-electron chi connectivity index (χ4n) is 1.57. The molecule has 0 bridgehead atoms. The molecule has 2 N–H and O–H groups in total. The molecule has 1 aliphatic rings. The highest BCUT2D eigenvalue weighted by Crippen LogP contribution is 2.16. The molecule has 0 radical (unpaired) electrons. The molecule has 0 atom stereocenters. The van der Waals surface area contributed by atoms with E-state index < -0.39 is 5.60 Å². The van der Waals surface area contributed by atoms with Crippen molar-refractivity contribution >= 4 is 5.91 Å². The highest BCUT2D eigenvalue weighted by molar-refractivity contribution is 5.84. The fourth-order valence-corrected chi connectivity index (χ4v) is 1.57. The molecule has 1 heterocycles. The van der Waals surface area contributed by atoms with E-state index in [2.05, 4.69) is 0 Å². The van der Waals surface area contributed by atoms with Gasteiger partial charge in [-0.15, -0.1) is 0 Å². The van der Waals surface area contributed by atoms with Gasteiger partial charge >= 0.3 is 0 Å². The van der Waals surface area contributed by atoms with Crippen LogP contribution in [0.2, 0.25) is 0 Å². The van der Waals surface area contributed by atoms with Crippen LogP contribution in [0.25, 0.3) is 0 Å². The van der Waals surface area contributed by atoms with Crippen LogP contribution in [0.4, 0.5) is 0 Å². The minimum absolute atomic E-state index is 0.0619. The number of methoxy groups -OCH3 is 1. The molecular weight excluding hydrogens is 180 g/mol. The second-order valence-electron chi connectivity index (χ2n) is 4.34. The molecule has 14 heavy (non-hydrogen) atoms. The molecule has 1 saturated heterocycles. The fraction of sp³-hybridized carbons (Fsp3) is 0.900. The van der Waals surface area contributed by atoms with E-state index in [1.54, 1.807) is 21.0 Å². The smallest absolute Gasteiger partial charge is 0.254 e. The molecule has 1 rings (SSSR count). The Labute approximate surface area is 85.4 Å². The van der Waals surface area contributed by atoms with E-state index in [0.717, 1.165) is 25.9 Å². The molecule has 0 aromatic heterocycles. The van der Waals surface area contributed by atoms with Gasteiger partial charge in [-0.25, -0.2) is 0 Å². The van der Waals surface area contributed by atoms with Gasteiger partial charge in [0.15, 0.2) is 0 Å². The molecule has 0 aromatic rings. The first kappa shape index (κ1) is 11.5. The number of carbonyl (C=O) groups excluding carboxylic acids is 1. The zero-order chi connectivity index (χ0) is 10.8. The largest absolute Gasteiger partial charge is 0.369 e. The van der Waals surface area contributed by atoms with E-state index in [1.807, 2.05) is 4.90 Å². The van der Waals surface area contributed by atoms with Gasteiger partial charge in [-0.05, 0) is 26.7 Å². The van der Waals surface area contributed by atoms with E-state index >= 15 is 0 Å². The van der Waals surface area contributed by atoms with Crippen LogP contribution in [0.15, 0.2) is 0 Å². The predicted octanol–water partition coefficient (Wildman–Crippen LogP) is 0.361. The van der Waals surface area contributed by atoms with Crippen LogP contribution >= 0.6 is 0 Å². The minimum Gasteiger partial charge on any atom is -0.369 e. The molecule has 0 aliphatic carbocycles. The van der Waals surface area contributed by atoms with Gasteiger partial charge in [0.1, 0.15) is 5.60 Å². The summed E-state index contributed by atoms with van der Waals surface area (Å²) in [6.07, 6.45) is 1.79. The summed E-state index contributed by atoms with van der Waals surface area (Å²) < 4.78 is 5.16. The van der Waals surface area contributed by atoms with E-state index in [1.165, 1.54) is 0 Å². The Morgan fingerprint density at radius 1 is 1.43 bits per heavy atom.